The van der Waals surface area contributed by atoms with Gasteiger partial charge in [0.1, 0.15) is 6.07 Å². The summed E-state index contributed by atoms with van der Waals surface area (Å²) < 4.78 is 40.3. The van der Waals surface area contributed by atoms with E-state index in [0.717, 1.165) is 42.1 Å². The third-order valence-corrected chi connectivity index (χ3v) is 6.13. The Morgan fingerprint density at radius 1 is 1.29 bits per heavy atom. The third kappa shape index (κ3) is 5.80. The van der Waals surface area contributed by atoms with Gasteiger partial charge in [-0.3, -0.25) is 14.5 Å². The van der Waals surface area contributed by atoms with Crippen molar-refractivity contribution < 1.29 is 22.8 Å². The average molecular weight is 492 g/mol. The number of hydrogen-bond donors (Lipinski definition) is 1. The Bertz CT molecular complexity index is 1090. The Kier molecular flexibility index (Phi) is 8.04. The molecule has 0 saturated carbocycles. The van der Waals surface area contributed by atoms with E-state index < -0.39 is 23.3 Å². The minimum Gasteiger partial charge on any atom is -0.359 e. The van der Waals surface area contributed by atoms with E-state index in [1.165, 1.54) is 11.6 Å². The number of carbonyl (C=O) groups excluding carboxylic acids is 2. The van der Waals surface area contributed by atoms with Crippen molar-refractivity contribution in [3.05, 3.63) is 46.9 Å². The van der Waals surface area contributed by atoms with Crippen LogP contribution < -0.4 is 10.2 Å². The highest BCUT2D eigenvalue weighted by molar-refractivity contribution is 7.80. The first-order valence-electron chi connectivity index (χ1n) is 10.9. The number of thiocarbonyl (C=S) groups is 1. The number of nitrogens with zero attached hydrogens (tertiary/aromatic N) is 4. The maximum Gasteiger partial charge on any atom is 0.419 e. The van der Waals surface area contributed by atoms with Crippen molar-refractivity contribution in [1.29, 1.82) is 5.26 Å². The fraction of sp³-hybridized carbons (Fsp3) is 0.435. The fourth-order valence-electron chi connectivity index (χ4n) is 3.93. The molecule has 7 nitrogen and oxygen atoms in total. The smallest absolute Gasteiger partial charge is 0.359 e. The molecular formula is C23H24F3N5O2S. The van der Waals surface area contributed by atoms with Crippen LogP contribution in [0.1, 0.15) is 56.2 Å². The molecule has 0 atom stereocenters. The Morgan fingerprint density at radius 3 is 2.68 bits per heavy atom. The van der Waals surface area contributed by atoms with Crippen molar-refractivity contribution in [2.45, 2.75) is 51.1 Å². The summed E-state index contributed by atoms with van der Waals surface area (Å²) in [7, 11) is 1.60. The molecule has 1 aromatic heterocycles. The molecule has 2 aliphatic rings. The molecule has 0 bridgehead atoms. The molecule has 1 fully saturated rings. The molecule has 3 rings (SSSR count). The maximum atomic E-state index is 13.4. The number of allylic oxidation sites excluding steroid dienone is 4. The van der Waals surface area contributed by atoms with Crippen molar-refractivity contribution in [2.75, 3.05) is 18.5 Å². The number of hydrogen-bond acceptors (Lipinski definition) is 5. The second kappa shape index (κ2) is 10.8. The first-order chi connectivity index (χ1) is 16.2. The normalized spacial score (nSPS) is 17.0. The van der Waals surface area contributed by atoms with Gasteiger partial charge in [-0.15, -0.1) is 0 Å². The Balaban J connectivity index is 1.84. The minimum atomic E-state index is -4.80. The molecule has 0 aromatic carbocycles. The van der Waals surface area contributed by atoms with Gasteiger partial charge >= 0.3 is 6.18 Å². The predicted octanol–water partition coefficient (Wildman–Crippen LogP) is 4.21. The third-order valence-electron chi connectivity index (χ3n) is 5.73. The summed E-state index contributed by atoms with van der Waals surface area (Å²) in [6.45, 7) is 0.461. The van der Waals surface area contributed by atoms with Gasteiger partial charge < -0.3 is 10.2 Å². The van der Waals surface area contributed by atoms with Gasteiger partial charge in [0.2, 0.25) is 11.8 Å². The molecular weight excluding hydrogens is 467 g/mol. The molecule has 180 valence electrons. The first kappa shape index (κ1) is 25.4. The zero-order chi connectivity index (χ0) is 24.9. The first-order valence-corrected chi connectivity index (χ1v) is 11.3. The highest BCUT2D eigenvalue weighted by atomic mass is 32.1. The van der Waals surface area contributed by atoms with Crippen molar-refractivity contribution in [2.24, 2.45) is 0 Å². The van der Waals surface area contributed by atoms with Gasteiger partial charge in [0.25, 0.3) is 0 Å². The summed E-state index contributed by atoms with van der Waals surface area (Å²) in [4.78, 5) is 30.7. The molecule has 2 amide bonds. The van der Waals surface area contributed by atoms with Gasteiger partial charge in [0, 0.05) is 32.1 Å². The van der Waals surface area contributed by atoms with E-state index in [1.54, 1.807) is 11.9 Å². The fourth-order valence-corrected chi connectivity index (χ4v) is 4.34. The number of amides is 2. The standard InChI is InChI=1S/C23H24F3N5O2S/c1-28-20(32)5-2-4-15-7-9-16(10-8-15)30-11-3-6-21(33)31(22(30)34)17-12-18(23(24,25)26)19(13-27)29-14-17/h7,9,12,14H,2-6,8,10-11H2,1H3,(H,28,32). The monoisotopic (exact) mass is 491 g/mol. The van der Waals surface area contributed by atoms with Crippen LogP contribution in [0.3, 0.4) is 0 Å². The number of aromatic nitrogens is 1. The van der Waals surface area contributed by atoms with E-state index >= 15 is 0 Å². The molecule has 2 heterocycles. The zero-order valence-electron chi connectivity index (χ0n) is 18.6. The lowest BCUT2D eigenvalue weighted by atomic mass is 9.97. The molecule has 34 heavy (non-hydrogen) atoms. The van der Waals surface area contributed by atoms with Crippen molar-refractivity contribution in [1.82, 2.24) is 15.2 Å². The lowest BCUT2D eigenvalue weighted by Crippen LogP contribution is -2.44. The average Bonchev–Trinajstić information content (AvgIpc) is 2.96. The largest absolute Gasteiger partial charge is 0.419 e. The second-order valence-corrected chi connectivity index (χ2v) is 8.34. The summed E-state index contributed by atoms with van der Waals surface area (Å²) >= 11 is 5.57. The molecule has 1 aliphatic carbocycles. The van der Waals surface area contributed by atoms with Crippen LogP contribution in [0.2, 0.25) is 0 Å². The molecule has 1 aromatic rings. The van der Waals surface area contributed by atoms with E-state index in [9.17, 15) is 22.8 Å². The van der Waals surface area contributed by atoms with E-state index in [0.29, 0.717) is 25.8 Å². The number of nitriles is 1. The van der Waals surface area contributed by atoms with Crippen LogP contribution in [0.4, 0.5) is 18.9 Å². The number of nitrogens with one attached hydrogen (secondary N) is 1. The Hall–Kier alpha value is -3.26. The molecule has 0 radical (unpaired) electrons. The van der Waals surface area contributed by atoms with Gasteiger partial charge in [-0.1, -0.05) is 11.6 Å². The quantitative estimate of drug-likeness (QED) is 0.600. The predicted molar refractivity (Wildman–Crippen MR) is 123 cm³/mol. The summed E-state index contributed by atoms with van der Waals surface area (Å²) in [6.07, 6.45) is 4.20. The molecule has 0 spiro atoms. The SMILES string of the molecule is CNC(=O)CCCC1=CC=C(N2CCCC(=O)N(c3cnc(C#N)c(C(F)(F)F)c3)C2=S)CC1. The van der Waals surface area contributed by atoms with E-state index in [4.69, 9.17) is 17.5 Å². The number of rotatable bonds is 6. The van der Waals surface area contributed by atoms with Crippen LogP contribution in [0.5, 0.6) is 0 Å². The van der Waals surface area contributed by atoms with Crippen LogP contribution in [0.25, 0.3) is 0 Å². The summed E-state index contributed by atoms with van der Waals surface area (Å²) in [5.74, 6) is -0.424. The van der Waals surface area contributed by atoms with Crippen LogP contribution in [0.15, 0.2) is 35.7 Å². The summed E-state index contributed by atoms with van der Waals surface area (Å²) in [5, 5.41) is 11.7. The molecule has 0 unspecified atom stereocenters. The Morgan fingerprint density at radius 2 is 2.06 bits per heavy atom. The molecule has 11 heteroatoms. The zero-order valence-corrected chi connectivity index (χ0v) is 19.4. The van der Waals surface area contributed by atoms with Crippen LogP contribution >= 0.6 is 12.2 Å². The van der Waals surface area contributed by atoms with Gasteiger partial charge in [-0.05, 0) is 56.5 Å². The van der Waals surface area contributed by atoms with Crippen LogP contribution in [-0.2, 0) is 15.8 Å². The van der Waals surface area contributed by atoms with Gasteiger partial charge in [-0.2, -0.15) is 18.4 Å². The van der Waals surface area contributed by atoms with Crippen molar-refractivity contribution in [3.63, 3.8) is 0 Å². The number of halogens is 3. The van der Waals surface area contributed by atoms with E-state index in [1.807, 2.05) is 12.2 Å². The molecule has 1 saturated heterocycles. The number of pyridine rings is 1. The second-order valence-electron chi connectivity index (χ2n) is 7.98. The van der Waals surface area contributed by atoms with Crippen LogP contribution in [0, 0.1) is 11.3 Å². The van der Waals surface area contributed by atoms with Crippen molar-refractivity contribution in [3.8, 4) is 6.07 Å². The van der Waals surface area contributed by atoms with Gasteiger partial charge in [0.05, 0.1) is 17.4 Å². The lowest BCUT2D eigenvalue weighted by molar-refractivity contribution is -0.138. The maximum absolute atomic E-state index is 13.4. The number of carbonyl (C=O) groups is 2. The summed E-state index contributed by atoms with van der Waals surface area (Å²) in [6, 6.07) is 2.19. The lowest BCUT2D eigenvalue weighted by Gasteiger charge is -2.32. The van der Waals surface area contributed by atoms with Gasteiger partial charge in [0.15, 0.2) is 10.8 Å². The molecule has 1 aliphatic heterocycles. The highest BCUT2D eigenvalue weighted by Crippen LogP contribution is 2.35. The minimum absolute atomic E-state index is 0.00159. The molecule has 1 N–H and O–H groups in total. The summed E-state index contributed by atoms with van der Waals surface area (Å²) in [5.41, 5.74) is -0.00891. The highest BCUT2D eigenvalue weighted by Gasteiger charge is 2.37. The number of alkyl halides is 3. The van der Waals surface area contributed by atoms with Crippen LogP contribution in [-0.4, -0.2) is 40.4 Å². The van der Waals surface area contributed by atoms with E-state index in [-0.39, 0.29) is 23.1 Å². The van der Waals surface area contributed by atoms with E-state index in [2.05, 4.69) is 10.3 Å². The van der Waals surface area contributed by atoms with Crippen molar-refractivity contribution >= 4 is 34.8 Å². The Labute approximate surface area is 200 Å². The number of anilines is 1. The topological polar surface area (TPSA) is 89.3 Å². The van der Waals surface area contributed by atoms with Gasteiger partial charge in [-0.25, -0.2) is 4.98 Å².